The Morgan fingerprint density at radius 2 is 2.10 bits per heavy atom. The summed E-state index contributed by atoms with van der Waals surface area (Å²) in [4.78, 5) is 2.50. The van der Waals surface area contributed by atoms with Gasteiger partial charge in [-0.2, -0.15) is 0 Å². The number of aliphatic hydroxyl groups is 1. The molecule has 0 aliphatic carbocycles. The van der Waals surface area contributed by atoms with E-state index < -0.39 is 0 Å². The fourth-order valence-corrected chi connectivity index (χ4v) is 2.08. The Labute approximate surface area is 65.3 Å². The van der Waals surface area contributed by atoms with E-state index in [9.17, 15) is 5.11 Å². The van der Waals surface area contributed by atoms with Crippen LogP contribution in [-0.2, 0) is 0 Å². The molecule has 1 heterocycles. The molecule has 1 atom stereocenters. The fourth-order valence-electron chi connectivity index (χ4n) is 1.07. The number of hydrogen-bond donors (Lipinski definition) is 1. The van der Waals surface area contributed by atoms with Gasteiger partial charge < -0.3 is 5.11 Å². The Balaban J connectivity index is 3.03. The van der Waals surface area contributed by atoms with E-state index in [-0.39, 0.29) is 6.10 Å². The van der Waals surface area contributed by atoms with Crippen LogP contribution in [-0.4, -0.2) is 5.11 Å². The fraction of sp³-hybridized carbons (Fsp3) is 0.500. The van der Waals surface area contributed by atoms with Gasteiger partial charge in [-0.25, -0.2) is 0 Å². The van der Waals surface area contributed by atoms with Gasteiger partial charge in [-0.1, -0.05) is 0 Å². The first-order valence-electron chi connectivity index (χ1n) is 3.36. The van der Waals surface area contributed by atoms with Crippen molar-refractivity contribution in [3.63, 3.8) is 0 Å². The molecule has 0 unspecified atom stereocenters. The van der Waals surface area contributed by atoms with Crippen molar-refractivity contribution in [1.82, 2.24) is 0 Å². The Morgan fingerprint density at radius 3 is 2.30 bits per heavy atom. The van der Waals surface area contributed by atoms with E-state index in [1.807, 2.05) is 13.0 Å². The van der Waals surface area contributed by atoms with E-state index in [2.05, 4.69) is 6.92 Å². The topological polar surface area (TPSA) is 20.2 Å². The zero-order chi connectivity index (χ0) is 7.72. The van der Waals surface area contributed by atoms with Gasteiger partial charge in [-0.3, -0.25) is 0 Å². The van der Waals surface area contributed by atoms with Crippen molar-refractivity contribution in [3.8, 4) is 0 Å². The molecule has 0 fully saturated rings. The van der Waals surface area contributed by atoms with Crippen LogP contribution in [0, 0.1) is 13.8 Å². The SMILES string of the molecule is Cc1cc([C@H](C)O)c(C)s1. The van der Waals surface area contributed by atoms with E-state index in [4.69, 9.17) is 0 Å². The number of aryl methyl sites for hydroxylation is 2. The standard InChI is InChI=1S/C8H12OS/c1-5-4-8(6(2)9)7(3)10-5/h4,6,9H,1-3H3/t6-/m0/s1. The van der Waals surface area contributed by atoms with Gasteiger partial charge in [0, 0.05) is 9.75 Å². The summed E-state index contributed by atoms with van der Waals surface area (Å²) in [6, 6.07) is 2.05. The lowest BCUT2D eigenvalue weighted by Crippen LogP contribution is -1.88. The number of hydrogen-bond acceptors (Lipinski definition) is 2. The van der Waals surface area contributed by atoms with Crippen LogP contribution in [0.2, 0.25) is 0 Å². The Morgan fingerprint density at radius 1 is 1.50 bits per heavy atom. The Bertz CT molecular complexity index is 225. The molecule has 1 nitrogen and oxygen atoms in total. The Kier molecular flexibility index (Phi) is 2.11. The summed E-state index contributed by atoms with van der Waals surface area (Å²) in [5, 5.41) is 9.22. The number of aliphatic hydroxyl groups excluding tert-OH is 1. The highest BCUT2D eigenvalue weighted by Gasteiger charge is 2.06. The van der Waals surface area contributed by atoms with E-state index >= 15 is 0 Å². The molecule has 1 N–H and O–H groups in total. The van der Waals surface area contributed by atoms with Gasteiger partial charge in [-0.15, -0.1) is 11.3 Å². The molecule has 0 radical (unpaired) electrons. The van der Waals surface area contributed by atoms with Crippen LogP contribution in [0.1, 0.15) is 28.3 Å². The molecule has 0 saturated carbocycles. The lowest BCUT2D eigenvalue weighted by molar-refractivity contribution is 0.199. The monoisotopic (exact) mass is 156 g/mol. The van der Waals surface area contributed by atoms with Crippen LogP contribution in [0.5, 0.6) is 0 Å². The first kappa shape index (κ1) is 7.76. The molecule has 0 aromatic carbocycles. The summed E-state index contributed by atoms with van der Waals surface area (Å²) in [6.45, 7) is 5.90. The molecule has 0 aliphatic heterocycles. The van der Waals surface area contributed by atoms with Gasteiger partial charge >= 0.3 is 0 Å². The summed E-state index contributed by atoms with van der Waals surface area (Å²) >= 11 is 1.74. The second-order valence-corrected chi connectivity index (χ2v) is 4.00. The molecule has 1 aromatic rings. The van der Waals surface area contributed by atoms with Gasteiger partial charge in [0.1, 0.15) is 0 Å². The highest BCUT2D eigenvalue weighted by molar-refractivity contribution is 7.12. The van der Waals surface area contributed by atoms with Gasteiger partial charge in [0.15, 0.2) is 0 Å². The first-order valence-corrected chi connectivity index (χ1v) is 4.18. The maximum Gasteiger partial charge on any atom is 0.0772 e. The molecule has 0 bridgehead atoms. The van der Waals surface area contributed by atoms with E-state index in [1.54, 1.807) is 18.3 Å². The minimum Gasteiger partial charge on any atom is -0.389 e. The van der Waals surface area contributed by atoms with E-state index in [0.29, 0.717) is 0 Å². The minimum absolute atomic E-state index is 0.315. The summed E-state index contributed by atoms with van der Waals surface area (Å²) in [5.41, 5.74) is 1.07. The third-order valence-electron chi connectivity index (χ3n) is 1.53. The quantitative estimate of drug-likeness (QED) is 0.662. The number of thiophene rings is 1. The van der Waals surface area contributed by atoms with Crippen LogP contribution in [0.25, 0.3) is 0 Å². The van der Waals surface area contributed by atoms with Gasteiger partial charge in [-0.05, 0) is 32.4 Å². The molecular formula is C8H12OS. The third-order valence-corrected chi connectivity index (χ3v) is 2.51. The molecule has 2 heteroatoms. The van der Waals surface area contributed by atoms with Gasteiger partial charge in [0.05, 0.1) is 6.10 Å². The average Bonchev–Trinajstić information content (AvgIpc) is 2.10. The van der Waals surface area contributed by atoms with Crippen LogP contribution in [0.4, 0.5) is 0 Å². The van der Waals surface area contributed by atoms with Crippen molar-refractivity contribution in [3.05, 3.63) is 21.4 Å². The van der Waals surface area contributed by atoms with E-state index in [0.717, 1.165) is 5.56 Å². The maximum absolute atomic E-state index is 9.22. The highest BCUT2D eigenvalue weighted by Crippen LogP contribution is 2.25. The van der Waals surface area contributed by atoms with Crippen molar-refractivity contribution in [2.24, 2.45) is 0 Å². The molecule has 10 heavy (non-hydrogen) atoms. The second-order valence-electron chi connectivity index (χ2n) is 2.54. The normalized spacial score (nSPS) is 13.6. The molecule has 0 spiro atoms. The summed E-state index contributed by atoms with van der Waals surface area (Å²) in [5.74, 6) is 0. The zero-order valence-corrected chi connectivity index (χ0v) is 7.33. The molecule has 0 saturated heterocycles. The lowest BCUT2D eigenvalue weighted by Gasteiger charge is -2.00. The Hall–Kier alpha value is -0.340. The van der Waals surface area contributed by atoms with Crippen molar-refractivity contribution in [1.29, 1.82) is 0 Å². The smallest absolute Gasteiger partial charge is 0.0772 e. The van der Waals surface area contributed by atoms with Crippen molar-refractivity contribution in [2.45, 2.75) is 26.9 Å². The van der Waals surface area contributed by atoms with Crippen LogP contribution in [0.3, 0.4) is 0 Å². The largest absolute Gasteiger partial charge is 0.389 e. The highest BCUT2D eigenvalue weighted by atomic mass is 32.1. The zero-order valence-electron chi connectivity index (χ0n) is 6.51. The first-order chi connectivity index (χ1) is 4.61. The van der Waals surface area contributed by atoms with Crippen LogP contribution in [0.15, 0.2) is 6.07 Å². The maximum atomic E-state index is 9.22. The molecule has 56 valence electrons. The van der Waals surface area contributed by atoms with Gasteiger partial charge in [0.25, 0.3) is 0 Å². The van der Waals surface area contributed by atoms with Crippen LogP contribution >= 0.6 is 11.3 Å². The minimum atomic E-state index is -0.315. The van der Waals surface area contributed by atoms with Crippen molar-refractivity contribution >= 4 is 11.3 Å². The third kappa shape index (κ3) is 1.39. The second kappa shape index (κ2) is 2.72. The molecular weight excluding hydrogens is 144 g/mol. The summed E-state index contributed by atoms with van der Waals surface area (Å²) in [6.07, 6.45) is -0.315. The van der Waals surface area contributed by atoms with Crippen molar-refractivity contribution in [2.75, 3.05) is 0 Å². The van der Waals surface area contributed by atoms with Crippen LogP contribution < -0.4 is 0 Å². The summed E-state index contributed by atoms with van der Waals surface area (Å²) in [7, 11) is 0. The molecule has 0 aliphatic rings. The van der Waals surface area contributed by atoms with Crippen molar-refractivity contribution < 1.29 is 5.11 Å². The average molecular weight is 156 g/mol. The van der Waals surface area contributed by atoms with E-state index in [1.165, 1.54) is 9.75 Å². The summed E-state index contributed by atoms with van der Waals surface area (Å²) < 4.78 is 0. The number of rotatable bonds is 1. The molecule has 1 aromatic heterocycles. The van der Waals surface area contributed by atoms with Gasteiger partial charge in [0.2, 0.25) is 0 Å². The predicted octanol–water partition coefficient (Wildman–Crippen LogP) is 2.42. The molecule has 0 amide bonds. The molecule has 1 rings (SSSR count). The predicted molar refractivity (Wildman–Crippen MR) is 44.4 cm³/mol. The lowest BCUT2D eigenvalue weighted by atomic mass is 10.1.